The molecule has 1 saturated carbocycles. The first-order valence-corrected chi connectivity index (χ1v) is 12.9. The Morgan fingerprint density at radius 2 is 1.74 bits per heavy atom. The van der Waals surface area contributed by atoms with Crippen LogP contribution in [0, 0.1) is 11.6 Å². The summed E-state index contributed by atoms with van der Waals surface area (Å²) in [6.07, 6.45) is 4.72. The lowest BCUT2D eigenvalue weighted by Gasteiger charge is -2.44. The summed E-state index contributed by atoms with van der Waals surface area (Å²) in [7, 11) is -3.85. The third-order valence-corrected chi connectivity index (χ3v) is 8.72. The molecule has 2 aromatic carbocycles. The second-order valence-electron chi connectivity index (χ2n) is 9.10. The number of benzene rings is 2. The Bertz CT molecular complexity index is 1150. The zero-order chi connectivity index (χ0) is 23.9. The topological polar surface area (TPSA) is 88.1 Å². The van der Waals surface area contributed by atoms with Crippen LogP contribution in [0.5, 0.6) is 0 Å². The molecule has 0 aromatic heterocycles. The predicted molar refractivity (Wildman–Crippen MR) is 124 cm³/mol. The number of nitrogens with one attached hydrogen (secondary N) is 1. The van der Waals surface area contributed by atoms with E-state index < -0.39 is 33.6 Å². The molecule has 2 amide bonds. The van der Waals surface area contributed by atoms with Crippen molar-refractivity contribution >= 4 is 28.0 Å². The molecule has 2 atom stereocenters. The van der Waals surface area contributed by atoms with Crippen LogP contribution in [-0.4, -0.2) is 45.4 Å². The predicted octanol–water partition coefficient (Wildman–Crippen LogP) is 4.27. The van der Waals surface area contributed by atoms with Crippen LogP contribution in [0.1, 0.15) is 38.5 Å². The molecule has 2 saturated heterocycles. The molecule has 0 bridgehead atoms. The molecular weight excluding hydrogens is 462 g/mol. The fraction of sp³-hybridized carbons (Fsp3) is 0.417. The van der Waals surface area contributed by atoms with E-state index in [1.54, 1.807) is 18.2 Å². The Morgan fingerprint density at radius 1 is 1.06 bits per heavy atom. The van der Waals surface area contributed by atoms with E-state index >= 15 is 0 Å². The Hall–Kier alpha value is -2.69. The van der Waals surface area contributed by atoms with Crippen LogP contribution in [0.3, 0.4) is 0 Å². The van der Waals surface area contributed by atoms with Gasteiger partial charge in [-0.25, -0.2) is 13.6 Å². The van der Waals surface area contributed by atoms with Gasteiger partial charge in [0, 0.05) is 12.6 Å². The largest absolute Gasteiger partial charge is 0.593 e. The number of rotatable bonds is 4. The number of sulfonamides is 1. The summed E-state index contributed by atoms with van der Waals surface area (Å²) in [5.74, 6) is -1.26. The van der Waals surface area contributed by atoms with Gasteiger partial charge in [0.2, 0.25) is 0 Å². The summed E-state index contributed by atoms with van der Waals surface area (Å²) in [5, 5.41) is 2.81. The molecule has 7 nitrogen and oxygen atoms in total. The number of aliphatic imine (C=N–C) groups is 1. The second-order valence-corrected chi connectivity index (χ2v) is 11.0. The summed E-state index contributed by atoms with van der Waals surface area (Å²) < 4.78 is 56.5. The second kappa shape index (κ2) is 8.83. The number of anilines is 1. The number of hydrogen-bond acceptors (Lipinski definition) is 4. The fourth-order valence-corrected chi connectivity index (χ4v) is 6.85. The van der Waals surface area contributed by atoms with Crippen LogP contribution >= 0.6 is 0 Å². The first kappa shape index (κ1) is 23.1. The summed E-state index contributed by atoms with van der Waals surface area (Å²) in [6.45, 7) is 0.210. The van der Waals surface area contributed by atoms with Crippen molar-refractivity contribution in [3.05, 3.63) is 60.2 Å². The highest BCUT2D eigenvalue weighted by molar-refractivity contribution is 7.95. The van der Waals surface area contributed by atoms with Gasteiger partial charge >= 0.3 is 6.03 Å². The Morgan fingerprint density at radius 3 is 2.41 bits per heavy atom. The van der Waals surface area contributed by atoms with Gasteiger partial charge in [-0.3, -0.25) is 15.2 Å². The Balaban J connectivity index is 1.60. The maximum absolute atomic E-state index is 14.1. The molecule has 2 heterocycles. The molecule has 2 unspecified atom stereocenters. The number of urea groups is 1. The van der Waals surface area contributed by atoms with Crippen molar-refractivity contribution in [1.82, 2.24) is 9.62 Å². The van der Waals surface area contributed by atoms with Crippen LogP contribution in [0.15, 0.2) is 58.4 Å². The summed E-state index contributed by atoms with van der Waals surface area (Å²) in [4.78, 5) is 19.5. The lowest BCUT2D eigenvalue weighted by molar-refractivity contribution is 0.236. The van der Waals surface area contributed by atoms with Gasteiger partial charge in [0.15, 0.2) is 15.3 Å². The molecule has 1 N–H and O–H groups in total. The lowest BCUT2D eigenvalue weighted by atomic mass is 9.87. The van der Waals surface area contributed by atoms with Gasteiger partial charge in [-0.2, -0.15) is 0 Å². The quantitative estimate of drug-likeness (QED) is 0.652. The molecule has 34 heavy (non-hydrogen) atoms. The first-order valence-electron chi connectivity index (χ1n) is 11.5. The minimum atomic E-state index is -3.85. The van der Waals surface area contributed by atoms with E-state index in [1.807, 2.05) is 0 Å². The number of amidine groups is 1. The van der Waals surface area contributed by atoms with Gasteiger partial charge in [0.1, 0.15) is 23.0 Å². The van der Waals surface area contributed by atoms with Crippen molar-refractivity contribution in [2.45, 2.75) is 55.0 Å². The molecule has 3 fully saturated rings. The van der Waals surface area contributed by atoms with Gasteiger partial charge in [0.05, 0.1) is 18.3 Å². The molecular formula is C24H26F2N4O3S. The number of piperidine rings is 1. The van der Waals surface area contributed by atoms with Gasteiger partial charge in [-0.15, -0.1) is 4.31 Å². The minimum absolute atomic E-state index is 0.0254. The normalized spacial score (nSPS) is 26.9. The highest BCUT2D eigenvalue weighted by Gasteiger charge is 2.56. The van der Waals surface area contributed by atoms with Crippen molar-refractivity contribution in [2.75, 3.05) is 18.0 Å². The fourth-order valence-electron chi connectivity index (χ4n) is 5.30. The van der Waals surface area contributed by atoms with Crippen LogP contribution in [0.4, 0.5) is 19.3 Å². The lowest BCUT2D eigenvalue weighted by Crippen LogP contribution is -2.62. The van der Waals surface area contributed by atoms with Crippen LogP contribution in [0.2, 0.25) is 0 Å². The molecule has 5 rings (SSSR count). The van der Waals surface area contributed by atoms with E-state index in [1.165, 1.54) is 21.3 Å². The minimum Gasteiger partial charge on any atom is -0.593 e. The van der Waals surface area contributed by atoms with Crippen LogP contribution < -0.4 is 10.2 Å². The van der Waals surface area contributed by atoms with Gasteiger partial charge in [-0.05, 0) is 49.9 Å². The molecule has 10 heteroatoms. The van der Waals surface area contributed by atoms with Crippen LogP contribution in [-0.2, 0) is 14.6 Å². The third-order valence-electron chi connectivity index (χ3n) is 6.86. The van der Waals surface area contributed by atoms with Gasteiger partial charge in [0.25, 0.3) is 0 Å². The molecule has 1 spiro atoms. The zero-order valence-corrected chi connectivity index (χ0v) is 19.4. The van der Waals surface area contributed by atoms with Crippen LogP contribution in [0.25, 0.3) is 0 Å². The Labute approximate surface area is 198 Å². The molecule has 2 aromatic rings. The number of halogens is 2. The van der Waals surface area contributed by atoms with Gasteiger partial charge in [-0.1, -0.05) is 35.2 Å². The van der Waals surface area contributed by atoms with E-state index in [0.717, 1.165) is 43.9 Å². The molecule has 2 aliphatic heterocycles. The first-order chi connectivity index (χ1) is 16.3. The average molecular weight is 489 g/mol. The third kappa shape index (κ3) is 4.03. The zero-order valence-electron chi connectivity index (χ0n) is 18.6. The highest BCUT2D eigenvalue weighted by atomic mass is 32.3. The summed E-state index contributed by atoms with van der Waals surface area (Å²) in [6, 6.07) is 10.5. The van der Waals surface area contributed by atoms with Crippen molar-refractivity contribution in [3.63, 3.8) is 0 Å². The van der Waals surface area contributed by atoms with E-state index in [4.69, 9.17) is 4.99 Å². The Kier molecular flexibility index (Phi) is 5.99. The number of carbonyl (C=O) groups excluding carboxylic acids is 1. The van der Waals surface area contributed by atoms with Crippen molar-refractivity contribution < 1.29 is 22.3 Å². The maximum atomic E-state index is 14.1. The number of amides is 2. The molecule has 180 valence electrons. The van der Waals surface area contributed by atoms with E-state index in [0.29, 0.717) is 18.7 Å². The highest BCUT2D eigenvalue weighted by Crippen LogP contribution is 2.40. The SMILES string of the molecule is O=C1NC(=NC2CCCC2)C2(CCCN([S+](=O)([O-])c3ccccc3)C2)N1c1cc(F)cc(F)c1. The molecule has 0 radical (unpaired) electrons. The monoisotopic (exact) mass is 488 g/mol. The number of hydrogen-bond donors (Lipinski definition) is 1. The van der Waals surface area contributed by atoms with E-state index in [9.17, 15) is 22.3 Å². The van der Waals surface area contributed by atoms with Crippen molar-refractivity contribution in [3.8, 4) is 0 Å². The number of carbonyl (C=O) groups is 1. The van der Waals surface area contributed by atoms with Crippen molar-refractivity contribution in [1.29, 1.82) is 0 Å². The summed E-state index contributed by atoms with van der Waals surface area (Å²) in [5.41, 5.74) is -1.15. The molecule has 1 aliphatic carbocycles. The summed E-state index contributed by atoms with van der Waals surface area (Å²) >= 11 is 0. The van der Waals surface area contributed by atoms with E-state index in [2.05, 4.69) is 5.32 Å². The standard InChI is InChI=1S/C24H26F2N4O3S/c25-17-13-18(26)15-20(14-17)30-23(31)28-22(27-19-7-4-5-8-19)24(30)11-6-12-29(16-24)34(32,33)21-9-2-1-3-10-21/h1-3,9-10,13-15,19H,4-8,11-12,16H2,(H-,27,28,31,32,33). The van der Waals surface area contributed by atoms with Crippen molar-refractivity contribution in [2.24, 2.45) is 4.99 Å². The maximum Gasteiger partial charge on any atom is 0.328 e. The van der Waals surface area contributed by atoms with E-state index in [-0.39, 0.29) is 29.7 Å². The average Bonchev–Trinajstić information content (AvgIpc) is 3.40. The molecule has 3 aliphatic rings. The smallest absolute Gasteiger partial charge is 0.328 e. The van der Waals surface area contributed by atoms with Gasteiger partial charge < -0.3 is 4.55 Å². The number of nitrogens with zero attached hydrogens (tertiary/aromatic N) is 3.